The highest BCUT2D eigenvalue weighted by Crippen LogP contribution is 2.17. The molecule has 1 N–H and O–H groups in total. The number of halogens is 1. The average Bonchev–Trinajstić information content (AvgIpc) is 3.14. The Bertz CT molecular complexity index is 827. The first-order valence-corrected chi connectivity index (χ1v) is 7.21. The number of hydrogen-bond donors (Lipinski definition) is 1. The third kappa shape index (κ3) is 3.89. The van der Waals surface area contributed by atoms with Gasteiger partial charge in [0.05, 0.1) is 0 Å². The number of anilines is 1. The third-order valence-electron chi connectivity index (χ3n) is 2.99. The van der Waals surface area contributed by atoms with Gasteiger partial charge in [0, 0.05) is 30.5 Å². The fraction of sp³-hybridized carbons (Fsp3) is 0.133. The van der Waals surface area contributed by atoms with Crippen molar-refractivity contribution in [2.75, 3.05) is 5.32 Å². The maximum absolute atomic E-state index is 12.1. The van der Waals surface area contributed by atoms with Crippen LogP contribution in [0.15, 0.2) is 48.8 Å². The molecule has 23 heavy (non-hydrogen) atoms. The molecule has 7 nitrogen and oxygen atoms in total. The highest BCUT2D eigenvalue weighted by Gasteiger charge is 2.11. The zero-order valence-electron chi connectivity index (χ0n) is 12.3. The number of carbonyl (C=O) groups is 1. The van der Waals surface area contributed by atoms with Crippen LogP contribution < -0.4 is 10.1 Å². The highest BCUT2D eigenvalue weighted by atomic mass is 35.5. The summed E-state index contributed by atoms with van der Waals surface area (Å²) in [6.07, 6.45) is 3.41. The van der Waals surface area contributed by atoms with E-state index in [1.165, 1.54) is 4.68 Å². The molecule has 2 heterocycles. The van der Waals surface area contributed by atoms with Crippen molar-refractivity contribution in [3.63, 3.8) is 0 Å². The second kappa shape index (κ2) is 6.53. The summed E-state index contributed by atoms with van der Waals surface area (Å²) in [6, 6.07) is 10.4. The van der Waals surface area contributed by atoms with Gasteiger partial charge in [-0.3, -0.25) is 9.48 Å². The van der Waals surface area contributed by atoms with Crippen LogP contribution in [0.5, 0.6) is 5.75 Å². The smallest absolute Gasteiger partial charge is 0.277 e. The van der Waals surface area contributed by atoms with E-state index in [1.54, 1.807) is 60.5 Å². The summed E-state index contributed by atoms with van der Waals surface area (Å²) in [5.41, 5.74) is 0.283. The van der Waals surface area contributed by atoms with Crippen molar-refractivity contribution in [3.05, 3.63) is 59.5 Å². The maximum atomic E-state index is 12.1. The van der Waals surface area contributed by atoms with Gasteiger partial charge in [0.2, 0.25) is 0 Å². The van der Waals surface area contributed by atoms with Gasteiger partial charge in [-0.2, -0.15) is 10.2 Å². The molecular weight excluding hydrogens is 318 g/mol. The van der Waals surface area contributed by atoms with E-state index in [4.69, 9.17) is 16.3 Å². The molecule has 3 aromatic rings. The number of aromatic nitrogens is 4. The number of hydrogen-bond acceptors (Lipinski definition) is 4. The molecule has 1 aromatic carbocycles. The van der Waals surface area contributed by atoms with E-state index >= 15 is 0 Å². The largest absolute Gasteiger partial charge is 0.471 e. The zero-order valence-corrected chi connectivity index (χ0v) is 13.1. The van der Waals surface area contributed by atoms with Crippen LogP contribution in [-0.4, -0.2) is 25.5 Å². The van der Waals surface area contributed by atoms with Crippen LogP contribution in [0.1, 0.15) is 10.5 Å². The first-order chi connectivity index (χ1) is 11.1. The summed E-state index contributed by atoms with van der Waals surface area (Å²) < 4.78 is 8.68. The second-order valence-electron chi connectivity index (χ2n) is 4.80. The van der Waals surface area contributed by atoms with E-state index in [0.717, 1.165) is 0 Å². The Morgan fingerprint density at radius 1 is 1.26 bits per heavy atom. The zero-order chi connectivity index (χ0) is 16.2. The Morgan fingerprint density at radius 3 is 2.87 bits per heavy atom. The Morgan fingerprint density at radius 2 is 2.13 bits per heavy atom. The highest BCUT2D eigenvalue weighted by molar-refractivity contribution is 6.30. The van der Waals surface area contributed by atoms with Gasteiger partial charge in [-0.25, -0.2) is 4.68 Å². The van der Waals surface area contributed by atoms with Crippen molar-refractivity contribution in [2.24, 2.45) is 7.05 Å². The lowest BCUT2D eigenvalue weighted by atomic mass is 10.3. The van der Waals surface area contributed by atoms with Gasteiger partial charge in [-0.15, -0.1) is 0 Å². The second-order valence-corrected chi connectivity index (χ2v) is 5.24. The number of nitrogens with zero attached hydrogens (tertiary/aromatic N) is 4. The van der Waals surface area contributed by atoms with E-state index in [9.17, 15) is 4.79 Å². The Hall–Kier alpha value is -2.80. The molecule has 0 saturated heterocycles. The van der Waals surface area contributed by atoms with Crippen molar-refractivity contribution >= 4 is 23.3 Å². The predicted molar refractivity (Wildman–Crippen MR) is 85.5 cm³/mol. The molecule has 3 rings (SSSR count). The summed E-state index contributed by atoms with van der Waals surface area (Å²) in [5, 5.41) is 11.5. The van der Waals surface area contributed by atoms with E-state index in [2.05, 4.69) is 15.5 Å². The number of amides is 1. The summed E-state index contributed by atoms with van der Waals surface area (Å²) in [6.45, 7) is 0.178. The van der Waals surface area contributed by atoms with Crippen LogP contribution in [0, 0.1) is 0 Å². The van der Waals surface area contributed by atoms with Crippen molar-refractivity contribution in [2.45, 2.75) is 6.73 Å². The number of benzene rings is 1. The molecule has 0 aliphatic heterocycles. The summed E-state index contributed by atoms with van der Waals surface area (Å²) in [4.78, 5) is 12.1. The average molecular weight is 332 g/mol. The summed E-state index contributed by atoms with van der Waals surface area (Å²) >= 11 is 5.89. The molecule has 1 amide bonds. The molecule has 0 fully saturated rings. The normalized spacial score (nSPS) is 10.5. The first-order valence-electron chi connectivity index (χ1n) is 6.83. The fourth-order valence-electron chi connectivity index (χ4n) is 1.91. The molecule has 0 aliphatic rings. The van der Waals surface area contributed by atoms with E-state index < -0.39 is 0 Å². The molecular formula is C15H14ClN5O2. The Kier molecular flexibility index (Phi) is 4.29. The molecule has 0 bridgehead atoms. The lowest BCUT2D eigenvalue weighted by molar-refractivity contribution is 0.102. The van der Waals surface area contributed by atoms with Crippen molar-refractivity contribution < 1.29 is 9.53 Å². The molecule has 0 spiro atoms. The lowest BCUT2D eigenvalue weighted by Gasteiger charge is -2.06. The van der Waals surface area contributed by atoms with E-state index in [1.807, 2.05) is 0 Å². The van der Waals surface area contributed by atoms with Crippen LogP contribution in [0.3, 0.4) is 0 Å². The van der Waals surface area contributed by atoms with Gasteiger partial charge in [0.1, 0.15) is 5.75 Å². The Labute approximate surface area is 137 Å². The fourth-order valence-corrected chi connectivity index (χ4v) is 2.09. The Balaban J connectivity index is 1.60. The number of aryl methyl sites for hydroxylation is 1. The third-order valence-corrected chi connectivity index (χ3v) is 3.22. The summed E-state index contributed by atoms with van der Waals surface area (Å²) in [5.74, 6) is 0.778. The number of carbonyl (C=O) groups excluding carboxylic acids is 1. The quantitative estimate of drug-likeness (QED) is 0.779. The van der Waals surface area contributed by atoms with Crippen LogP contribution in [0.25, 0.3) is 0 Å². The van der Waals surface area contributed by atoms with Crippen molar-refractivity contribution in [1.82, 2.24) is 19.6 Å². The molecule has 118 valence electrons. The molecule has 8 heteroatoms. The molecule has 0 radical (unpaired) electrons. The molecule has 0 aliphatic carbocycles. The molecule has 0 atom stereocenters. The van der Waals surface area contributed by atoms with Gasteiger partial charge in [0.25, 0.3) is 5.91 Å². The number of nitrogens with one attached hydrogen (secondary N) is 1. The first kappa shape index (κ1) is 15.1. The van der Waals surface area contributed by atoms with Crippen LogP contribution >= 0.6 is 11.6 Å². The van der Waals surface area contributed by atoms with Gasteiger partial charge in [-0.1, -0.05) is 17.7 Å². The van der Waals surface area contributed by atoms with Gasteiger partial charge in [-0.05, 0) is 24.3 Å². The van der Waals surface area contributed by atoms with Crippen LogP contribution in [-0.2, 0) is 13.8 Å². The lowest BCUT2D eigenvalue weighted by Crippen LogP contribution is -2.14. The topological polar surface area (TPSA) is 74.0 Å². The van der Waals surface area contributed by atoms with Gasteiger partial charge in [0.15, 0.2) is 18.2 Å². The van der Waals surface area contributed by atoms with Gasteiger partial charge >= 0.3 is 0 Å². The molecule has 2 aromatic heterocycles. The maximum Gasteiger partial charge on any atom is 0.277 e. The standard InChI is InChI=1S/C15H14ClN5O2/c1-20-7-6-14(19-20)17-15(22)13-5-8-21(18-13)10-23-12-4-2-3-11(16)9-12/h2-9H,10H2,1H3,(H,17,19,22). The minimum absolute atomic E-state index is 0.178. The van der Waals surface area contributed by atoms with Gasteiger partial charge < -0.3 is 10.1 Å². The monoisotopic (exact) mass is 331 g/mol. The SMILES string of the molecule is Cn1ccc(NC(=O)c2ccn(COc3cccc(Cl)c3)n2)n1. The van der Waals surface area contributed by atoms with Crippen molar-refractivity contribution in [1.29, 1.82) is 0 Å². The number of ether oxygens (including phenoxy) is 1. The van der Waals surface area contributed by atoms with Crippen LogP contribution in [0.4, 0.5) is 5.82 Å². The molecule has 0 saturated carbocycles. The molecule has 0 unspecified atom stereocenters. The van der Waals surface area contributed by atoms with E-state index in [-0.39, 0.29) is 18.3 Å². The minimum Gasteiger partial charge on any atom is -0.471 e. The number of rotatable bonds is 5. The predicted octanol–water partition coefficient (Wildman–Crippen LogP) is 2.56. The summed E-state index contributed by atoms with van der Waals surface area (Å²) in [7, 11) is 1.78. The van der Waals surface area contributed by atoms with E-state index in [0.29, 0.717) is 16.6 Å². The van der Waals surface area contributed by atoms with Crippen molar-refractivity contribution in [3.8, 4) is 5.75 Å². The van der Waals surface area contributed by atoms with Crippen LogP contribution in [0.2, 0.25) is 5.02 Å². The minimum atomic E-state index is -0.329.